The van der Waals surface area contributed by atoms with Gasteiger partial charge in [0.2, 0.25) is 0 Å². The van der Waals surface area contributed by atoms with Gasteiger partial charge in [0.05, 0.1) is 9.85 Å². The maximum atomic E-state index is 13.3. The zero-order valence-corrected chi connectivity index (χ0v) is 20.4. The van der Waals surface area contributed by atoms with Crippen LogP contribution in [0.3, 0.4) is 0 Å². The molecule has 0 atom stereocenters. The molecule has 10 heteroatoms. The standard InChI is InChI=1S/C28H22N4O6/c1-17-15-19(31(35)36)11-13-25(17)29-27(33)23-9-5-3-7-21(23)22-8-4-6-10-24(22)28(34)30-26-14-12-20(32(37)38)16-18(26)2/h3-16H,1-2H3,(H,29,33)(H,30,34). The number of rotatable bonds is 7. The van der Waals surface area contributed by atoms with Crippen LogP contribution in [0.1, 0.15) is 31.8 Å². The van der Waals surface area contributed by atoms with E-state index in [-0.39, 0.29) is 11.4 Å². The van der Waals surface area contributed by atoms with Crippen molar-refractivity contribution in [2.75, 3.05) is 10.6 Å². The van der Waals surface area contributed by atoms with Crippen LogP contribution >= 0.6 is 0 Å². The molecule has 0 radical (unpaired) electrons. The molecule has 0 unspecified atom stereocenters. The fourth-order valence-electron chi connectivity index (χ4n) is 4.01. The first-order chi connectivity index (χ1) is 18.2. The molecule has 0 spiro atoms. The molecule has 0 fully saturated rings. The Morgan fingerprint density at radius 2 is 0.974 bits per heavy atom. The molecule has 0 aromatic heterocycles. The highest BCUT2D eigenvalue weighted by molar-refractivity contribution is 6.13. The van der Waals surface area contributed by atoms with Gasteiger partial charge in [0.25, 0.3) is 23.2 Å². The van der Waals surface area contributed by atoms with Gasteiger partial charge in [0, 0.05) is 46.8 Å². The van der Waals surface area contributed by atoms with Gasteiger partial charge in [-0.15, -0.1) is 0 Å². The van der Waals surface area contributed by atoms with Crippen LogP contribution in [0.5, 0.6) is 0 Å². The van der Waals surface area contributed by atoms with Gasteiger partial charge in [0.1, 0.15) is 0 Å². The highest BCUT2D eigenvalue weighted by Crippen LogP contribution is 2.30. The third-order valence-electron chi connectivity index (χ3n) is 5.97. The van der Waals surface area contributed by atoms with Crippen LogP contribution in [-0.2, 0) is 0 Å². The molecular formula is C28H22N4O6. The van der Waals surface area contributed by atoms with E-state index in [0.29, 0.717) is 44.8 Å². The third-order valence-corrected chi connectivity index (χ3v) is 5.97. The average molecular weight is 511 g/mol. The molecule has 0 heterocycles. The van der Waals surface area contributed by atoms with Crippen LogP contribution in [0.4, 0.5) is 22.7 Å². The number of benzene rings is 4. The van der Waals surface area contributed by atoms with Gasteiger partial charge < -0.3 is 10.6 Å². The van der Waals surface area contributed by atoms with Crippen molar-refractivity contribution in [3.63, 3.8) is 0 Å². The Balaban J connectivity index is 1.65. The van der Waals surface area contributed by atoms with Crippen molar-refractivity contribution < 1.29 is 19.4 Å². The Morgan fingerprint density at radius 1 is 0.605 bits per heavy atom. The summed E-state index contributed by atoms with van der Waals surface area (Å²) in [5.74, 6) is -0.891. The highest BCUT2D eigenvalue weighted by atomic mass is 16.6. The lowest BCUT2D eigenvalue weighted by Gasteiger charge is -2.15. The lowest BCUT2D eigenvalue weighted by atomic mass is 9.94. The van der Waals surface area contributed by atoms with Crippen molar-refractivity contribution in [3.05, 3.63) is 127 Å². The second-order valence-corrected chi connectivity index (χ2v) is 8.51. The normalized spacial score (nSPS) is 10.5. The topological polar surface area (TPSA) is 144 Å². The van der Waals surface area contributed by atoms with Gasteiger partial charge in [-0.2, -0.15) is 0 Å². The predicted octanol–water partition coefficient (Wildman–Crippen LogP) is 6.29. The minimum Gasteiger partial charge on any atom is -0.322 e. The quantitative estimate of drug-likeness (QED) is 0.221. The zero-order valence-electron chi connectivity index (χ0n) is 20.4. The molecular weight excluding hydrogens is 488 g/mol. The van der Waals surface area contributed by atoms with Crippen LogP contribution in [0, 0.1) is 34.1 Å². The summed E-state index contributed by atoms with van der Waals surface area (Å²) in [4.78, 5) is 47.6. The monoisotopic (exact) mass is 510 g/mol. The molecule has 4 aromatic rings. The summed E-state index contributed by atoms with van der Waals surface area (Å²) in [6.45, 7) is 3.32. The maximum absolute atomic E-state index is 13.3. The first-order valence-corrected chi connectivity index (χ1v) is 11.5. The minimum absolute atomic E-state index is 0.0795. The molecule has 0 saturated carbocycles. The van der Waals surface area contributed by atoms with Crippen molar-refractivity contribution in [2.45, 2.75) is 13.8 Å². The van der Waals surface area contributed by atoms with Crippen LogP contribution in [0.25, 0.3) is 11.1 Å². The van der Waals surface area contributed by atoms with Gasteiger partial charge in [-0.25, -0.2) is 0 Å². The van der Waals surface area contributed by atoms with E-state index in [1.54, 1.807) is 62.4 Å². The average Bonchev–Trinajstić information content (AvgIpc) is 2.90. The molecule has 4 rings (SSSR count). The Hall–Kier alpha value is -5.38. The molecule has 38 heavy (non-hydrogen) atoms. The second-order valence-electron chi connectivity index (χ2n) is 8.51. The Kier molecular flexibility index (Phi) is 7.24. The molecule has 190 valence electrons. The molecule has 2 N–H and O–H groups in total. The van der Waals surface area contributed by atoms with Gasteiger partial charge in [-0.1, -0.05) is 36.4 Å². The molecule has 0 saturated heterocycles. The molecule has 0 aliphatic rings. The SMILES string of the molecule is Cc1cc([N+](=O)[O-])ccc1NC(=O)c1ccccc1-c1ccccc1C(=O)Nc1ccc([N+](=O)[O-])cc1C. The Labute approximate surface area is 217 Å². The summed E-state index contributed by atoms with van der Waals surface area (Å²) in [6.07, 6.45) is 0. The molecule has 0 bridgehead atoms. The number of aryl methyl sites for hydroxylation is 2. The zero-order chi connectivity index (χ0) is 27.4. The number of nitro benzene ring substituents is 2. The number of hydrogen-bond acceptors (Lipinski definition) is 6. The lowest BCUT2D eigenvalue weighted by molar-refractivity contribution is -0.385. The number of hydrogen-bond donors (Lipinski definition) is 2. The summed E-state index contributed by atoms with van der Waals surface area (Å²) >= 11 is 0. The van der Waals surface area contributed by atoms with Gasteiger partial charge in [0.15, 0.2) is 0 Å². The van der Waals surface area contributed by atoms with Crippen molar-refractivity contribution in [1.29, 1.82) is 0 Å². The van der Waals surface area contributed by atoms with E-state index in [4.69, 9.17) is 0 Å². The predicted molar refractivity (Wildman–Crippen MR) is 143 cm³/mol. The number of anilines is 2. The minimum atomic E-state index is -0.506. The van der Waals surface area contributed by atoms with Crippen molar-refractivity contribution in [2.24, 2.45) is 0 Å². The summed E-state index contributed by atoms with van der Waals surface area (Å²) in [7, 11) is 0. The summed E-state index contributed by atoms with van der Waals surface area (Å²) in [6, 6.07) is 21.9. The van der Waals surface area contributed by atoms with Gasteiger partial charge in [-0.3, -0.25) is 29.8 Å². The number of nitro groups is 2. The fraction of sp³-hybridized carbons (Fsp3) is 0.0714. The molecule has 10 nitrogen and oxygen atoms in total. The Bertz CT molecular complexity index is 1480. The van der Waals surface area contributed by atoms with E-state index in [9.17, 15) is 29.8 Å². The molecule has 0 aliphatic carbocycles. The smallest absolute Gasteiger partial charge is 0.269 e. The number of carbonyl (C=O) groups excluding carboxylic acids is 2. The van der Waals surface area contributed by atoms with E-state index in [2.05, 4.69) is 10.6 Å². The van der Waals surface area contributed by atoms with Crippen LogP contribution in [0.2, 0.25) is 0 Å². The van der Waals surface area contributed by atoms with E-state index in [1.165, 1.54) is 36.4 Å². The van der Waals surface area contributed by atoms with Crippen molar-refractivity contribution in [1.82, 2.24) is 0 Å². The number of carbonyl (C=O) groups is 2. The number of amides is 2. The van der Waals surface area contributed by atoms with E-state index >= 15 is 0 Å². The summed E-state index contributed by atoms with van der Waals surface area (Å²) in [5.41, 5.74) is 3.38. The van der Waals surface area contributed by atoms with Crippen molar-refractivity contribution >= 4 is 34.6 Å². The van der Waals surface area contributed by atoms with Crippen LogP contribution in [-0.4, -0.2) is 21.7 Å². The van der Waals surface area contributed by atoms with Crippen LogP contribution < -0.4 is 10.6 Å². The maximum Gasteiger partial charge on any atom is 0.269 e. The number of nitrogens with one attached hydrogen (secondary N) is 2. The molecule has 0 aliphatic heterocycles. The highest BCUT2D eigenvalue weighted by Gasteiger charge is 2.20. The summed E-state index contributed by atoms with van der Waals surface area (Å²) < 4.78 is 0. The lowest BCUT2D eigenvalue weighted by Crippen LogP contribution is -2.16. The van der Waals surface area contributed by atoms with Gasteiger partial charge >= 0.3 is 0 Å². The van der Waals surface area contributed by atoms with Crippen LogP contribution in [0.15, 0.2) is 84.9 Å². The number of non-ortho nitro benzene ring substituents is 2. The molecule has 2 amide bonds. The number of nitrogens with zero attached hydrogens (tertiary/aromatic N) is 2. The third kappa shape index (κ3) is 5.39. The summed E-state index contributed by atoms with van der Waals surface area (Å²) in [5, 5.41) is 27.7. The Morgan fingerprint density at radius 3 is 1.32 bits per heavy atom. The van der Waals surface area contributed by atoms with E-state index in [0.717, 1.165) is 0 Å². The van der Waals surface area contributed by atoms with Gasteiger partial charge in [-0.05, 0) is 60.4 Å². The van der Waals surface area contributed by atoms with E-state index in [1.807, 2.05) is 0 Å². The van der Waals surface area contributed by atoms with Crippen molar-refractivity contribution in [3.8, 4) is 11.1 Å². The van der Waals surface area contributed by atoms with E-state index < -0.39 is 21.7 Å². The fourth-order valence-corrected chi connectivity index (χ4v) is 4.01. The first kappa shape index (κ1) is 25.7. The first-order valence-electron chi connectivity index (χ1n) is 11.5. The largest absolute Gasteiger partial charge is 0.322 e. The second kappa shape index (κ2) is 10.7. The molecule has 4 aromatic carbocycles.